The molecule has 0 amide bonds. The van der Waals surface area contributed by atoms with Gasteiger partial charge >= 0.3 is 0 Å². The van der Waals surface area contributed by atoms with Crippen molar-refractivity contribution in [3.8, 4) is 5.75 Å². The number of hydrogen-bond acceptors (Lipinski definition) is 4. The van der Waals surface area contributed by atoms with Gasteiger partial charge in [0, 0.05) is 13.6 Å². The van der Waals surface area contributed by atoms with Crippen molar-refractivity contribution in [3.05, 3.63) is 23.8 Å². The summed E-state index contributed by atoms with van der Waals surface area (Å²) in [6.07, 6.45) is 0. The highest BCUT2D eigenvalue weighted by molar-refractivity contribution is 7.89. The molecule has 0 fully saturated rings. The number of aliphatic hydroxyl groups is 1. The minimum atomic E-state index is -3.69. The van der Waals surface area contributed by atoms with Crippen molar-refractivity contribution in [1.82, 2.24) is 4.31 Å². The van der Waals surface area contributed by atoms with Crippen molar-refractivity contribution in [2.75, 3.05) is 20.7 Å². The van der Waals surface area contributed by atoms with Crippen LogP contribution in [0.2, 0.25) is 0 Å². The third kappa shape index (κ3) is 3.92. The molecule has 108 valence electrons. The Morgan fingerprint density at radius 1 is 1.37 bits per heavy atom. The summed E-state index contributed by atoms with van der Waals surface area (Å²) in [5, 5.41) is 9.74. The van der Waals surface area contributed by atoms with E-state index in [0.29, 0.717) is 5.75 Å². The predicted octanol–water partition coefficient (Wildman–Crippen LogP) is 1.40. The van der Waals surface area contributed by atoms with E-state index in [4.69, 9.17) is 4.74 Å². The zero-order valence-corrected chi connectivity index (χ0v) is 12.8. The van der Waals surface area contributed by atoms with E-state index in [1.54, 1.807) is 32.0 Å². The van der Waals surface area contributed by atoms with Crippen LogP contribution in [-0.4, -0.2) is 44.1 Å². The first-order valence-corrected chi connectivity index (χ1v) is 7.35. The lowest BCUT2D eigenvalue weighted by Gasteiger charge is -2.25. The summed E-state index contributed by atoms with van der Waals surface area (Å²) in [7, 11) is -0.819. The minimum Gasteiger partial charge on any atom is -0.495 e. The van der Waals surface area contributed by atoms with Crippen LogP contribution in [-0.2, 0) is 10.0 Å². The number of ether oxygens (including phenoxy) is 1. The van der Waals surface area contributed by atoms with Gasteiger partial charge < -0.3 is 9.84 Å². The second-order valence-corrected chi connectivity index (χ2v) is 7.24. The molecule has 1 rings (SSSR count). The standard InChI is InChI=1S/C13H21NO4S/c1-10-6-7-11(18-5)12(8-10)19(16,17)14(4)9-13(2,3)15/h6-8,15H,9H2,1-5H3. The zero-order valence-electron chi connectivity index (χ0n) is 12.0. The topological polar surface area (TPSA) is 66.8 Å². The molecule has 0 saturated heterocycles. The Kier molecular flexibility index (Phi) is 4.60. The molecule has 0 saturated carbocycles. The third-order valence-electron chi connectivity index (χ3n) is 2.62. The monoisotopic (exact) mass is 287 g/mol. The Bertz CT molecular complexity index is 546. The quantitative estimate of drug-likeness (QED) is 0.889. The molecular formula is C13H21NO4S. The molecular weight excluding hydrogens is 266 g/mol. The number of sulfonamides is 1. The Hall–Kier alpha value is -1.11. The molecule has 0 unspecified atom stereocenters. The Morgan fingerprint density at radius 2 is 1.95 bits per heavy atom. The van der Waals surface area contributed by atoms with Gasteiger partial charge in [-0.05, 0) is 38.5 Å². The largest absolute Gasteiger partial charge is 0.495 e. The first kappa shape index (κ1) is 15.9. The van der Waals surface area contributed by atoms with Gasteiger partial charge in [0.05, 0.1) is 12.7 Å². The summed E-state index contributed by atoms with van der Waals surface area (Å²) >= 11 is 0. The van der Waals surface area contributed by atoms with E-state index in [0.717, 1.165) is 9.87 Å². The minimum absolute atomic E-state index is 0.00638. The third-order valence-corrected chi connectivity index (χ3v) is 4.44. The van der Waals surface area contributed by atoms with Gasteiger partial charge in [-0.3, -0.25) is 0 Å². The van der Waals surface area contributed by atoms with Gasteiger partial charge in [-0.2, -0.15) is 4.31 Å². The molecule has 5 nitrogen and oxygen atoms in total. The van der Waals surface area contributed by atoms with E-state index < -0.39 is 15.6 Å². The summed E-state index contributed by atoms with van der Waals surface area (Å²) < 4.78 is 31.2. The maximum Gasteiger partial charge on any atom is 0.246 e. The predicted molar refractivity (Wildman–Crippen MR) is 73.8 cm³/mol. The molecule has 6 heteroatoms. The molecule has 1 aromatic rings. The van der Waals surface area contributed by atoms with E-state index >= 15 is 0 Å². The van der Waals surface area contributed by atoms with Gasteiger partial charge in [0.25, 0.3) is 0 Å². The van der Waals surface area contributed by atoms with Gasteiger partial charge in [0.15, 0.2) is 0 Å². The number of hydrogen-bond donors (Lipinski definition) is 1. The molecule has 1 aromatic carbocycles. The Balaban J connectivity index is 3.23. The highest BCUT2D eigenvalue weighted by Gasteiger charge is 2.28. The van der Waals surface area contributed by atoms with Gasteiger partial charge in [-0.1, -0.05) is 6.07 Å². The summed E-state index contributed by atoms with van der Waals surface area (Å²) in [6, 6.07) is 4.98. The molecule has 0 aliphatic heterocycles. The highest BCUT2D eigenvalue weighted by Crippen LogP contribution is 2.27. The average molecular weight is 287 g/mol. The van der Waals surface area contributed by atoms with Crippen LogP contribution < -0.4 is 4.74 Å². The van der Waals surface area contributed by atoms with Crippen molar-refractivity contribution in [2.24, 2.45) is 0 Å². The van der Waals surface area contributed by atoms with Crippen LogP contribution in [0.5, 0.6) is 5.75 Å². The molecule has 0 heterocycles. The smallest absolute Gasteiger partial charge is 0.246 e. The molecule has 0 radical (unpaired) electrons. The van der Waals surface area contributed by atoms with Crippen LogP contribution in [0, 0.1) is 6.92 Å². The maximum absolute atomic E-state index is 12.5. The van der Waals surface area contributed by atoms with Crippen LogP contribution in [0.3, 0.4) is 0 Å². The maximum atomic E-state index is 12.5. The lowest BCUT2D eigenvalue weighted by atomic mass is 10.1. The fourth-order valence-corrected chi connectivity index (χ4v) is 3.35. The molecule has 0 bridgehead atoms. The van der Waals surface area contributed by atoms with E-state index in [1.807, 2.05) is 6.92 Å². The highest BCUT2D eigenvalue weighted by atomic mass is 32.2. The molecule has 0 aromatic heterocycles. The van der Waals surface area contributed by atoms with Crippen molar-refractivity contribution in [3.63, 3.8) is 0 Å². The molecule has 0 aliphatic rings. The number of methoxy groups -OCH3 is 1. The van der Waals surface area contributed by atoms with Crippen LogP contribution in [0.15, 0.2) is 23.1 Å². The van der Waals surface area contributed by atoms with E-state index in [1.165, 1.54) is 14.2 Å². The van der Waals surface area contributed by atoms with Gasteiger partial charge in [-0.15, -0.1) is 0 Å². The second kappa shape index (κ2) is 5.48. The van der Waals surface area contributed by atoms with Gasteiger partial charge in [-0.25, -0.2) is 8.42 Å². The lowest BCUT2D eigenvalue weighted by Crippen LogP contribution is -2.39. The van der Waals surface area contributed by atoms with Gasteiger partial charge in [0.2, 0.25) is 10.0 Å². The summed E-state index contributed by atoms with van der Waals surface area (Å²) in [5.74, 6) is 0.299. The summed E-state index contributed by atoms with van der Waals surface area (Å²) in [5.41, 5.74) is -0.269. The molecule has 19 heavy (non-hydrogen) atoms. The van der Waals surface area contributed by atoms with E-state index in [-0.39, 0.29) is 11.4 Å². The van der Waals surface area contributed by atoms with Crippen molar-refractivity contribution in [1.29, 1.82) is 0 Å². The normalized spacial score (nSPS) is 12.8. The van der Waals surface area contributed by atoms with Crippen LogP contribution in [0.25, 0.3) is 0 Å². The fourth-order valence-electron chi connectivity index (χ4n) is 1.78. The zero-order chi connectivity index (χ0) is 14.8. The number of rotatable bonds is 5. The second-order valence-electron chi connectivity index (χ2n) is 5.23. The Morgan fingerprint density at radius 3 is 2.42 bits per heavy atom. The number of aryl methyl sites for hydroxylation is 1. The number of nitrogens with zero attached hydrogens (tertiary/aromatic N) is 1. The molecule has 0 spiro atoms. The summed E-state index contributed by atoms with van der Waals surface area (Å²) in [4.78, 5) is 0.113. The van der Waals surface area contributed by atoms with Crippen LogP contribution in [0.1, 0.15) is 19.4 Å². The van der Waals surface area contributed by atoms with Crippen LogP contribution in [0.4, 0.5) is 0 Å². The van der Waals surface area contributed by atoms with E-state index in [9.17, 15) is 13.5 Å². The number of benzene rings is 1. The SMILES string of the molecule is COc1ccc(C)cc1S(=O)(=O)N(C)CC(C)(C)O. The Labute approximate surface area is 114 Å². The summed E-state index contributed by atoms with van der Waals surface area (Å²) in [6.45, 7) is 4.94. The lowest BCUT2D eigenvalue weighted by molar-refractivity contribution is 0.0639. The average Bonchev–Trinajstić information content (AvgIpc) is 2.26. The van der Waals surface area contributed by atoms with Crippen molar-refractivity contribution < 1.29 is 18.3 Å². The molecule has 0 aliphatic carbocycles. The molecule has 1 N–H and O–H groups in total. The number of likely N-dealkylation sites (N-methyl/N-ethyl adjacent to an activating group) is 1. The van der Waals surface area contributed by atoms with Crippen LogP contribution >= 0.6 is 0 Å². The van der Waals surface area contributed by atoms with Crippen molar-refractivity contribution >= 4 is 10.0 Å². The van der Waals surface area contributed by atoms with Gasteiger partial charge in [0.1, 0.15) is 10.6 Å². The first-order chi connectivity index (χ1) is 8.58. The van der Waals surface area contributed by atoms with E-state index in [2.05, 4.69) is 0 Å². The fraction of sp³-hybridized carbons (Fsp3) is 0.538. The first-order valence-electron chi connectivity index (χ1n) is 5.91. The van der Waals surface area contributed by atoms with Crippen molar-refractivity contribution in [2.45, 2.75) is 31.3 Å². The molecule has 0 atom stereocenters.